The Morgan fingerprint density at radius 1 is 1.25 bits per heavy atom. The molecule has 0 amide bonds. The molecule has 1 fully saturated rings. The van der Waals surface area contributed by atoms with E-state index in [9.17, 15) is 0 Å². The molecule has 3 aliphatic carbocycles. The predicted octanol–water partition coefficient (Wildman–Crippen LogP) is 3.19. The summed E-state index contributed by atoms with van der Waals surface area (Å²) in [6.45, 7) is 0.834. The average molecular weight is 215 g/mol. The van der Waals surface area contributed by atoms with E-state index < -0.39 is 0 Å². The molecule has 3 atom stereocenters. The summed E-state index contributed by atoms with van der Waals surface area (Å²) in [4.78, 5) is 0. The van der Waals surface area contributed by atoms with Gasteiger partial charge in [0.1, 0.15) is 0 Å². The van der Waals surface area contributed by atoms with Gasteiger partial charge in [0.05, 0.1) is 0 Å². The number of rotatable bonds is 2. The summed E-state index contributed by atoms with van der Waals surface area (Å²) in [5.41, 5.74) is 8.82. The number of nitrogens with two attached hydrogens (primary N) is 1. The van der Waals surface area contributed by atoms with Crippen LogP contribution < -0.4 is 5.73 Å². The third-order valence-corrected chi connectivity index (χ3v) is 4.20. The molecular formula is C15H21N. The number of hydrogen-bond acceptors (Lipinski definition) is 1. The van der Waals surface area contributed by atoms with Gasteiger partial charge in [-0.25, -0.2) is 0 Å². The quantitative estimate of drug-likeness (QED) is 0.752. The van der Waals surface area contributed by atoms with Gasteiger partial charge in [0.2, 0.25) is 0 Å². The molecule has 3 unspecified atom stereocenters. The fourth-order valence-electron chi connectivity index (χ4n) is 3.18. The van der Waals surface area contributed by atoms with E-state index in [0.717, 1.165) is 24.3 Å². The van der Waals surface area contributed by atoms with Crippen molar-refractivity contribution in [2.24, 2.45) is 23.5 Å². The highest BCUT2D eigenvalue weighted by Gasteiger charge is 2.37. The minimum Gasteiger partial charge on any atom is -0.330 e. The molecule has 1 nitrogen and oxygen atoms in total. The number of fused-ring (bicyclic) bond motifs is 2. The molecule has 0 spiro atoms. The van der Waals surface area contributed by atoms with Gasteiger partial charge < -0.3 is 5.73 Å². The van der Waals surface area contributed by atoms with Crippen LogP contribution in [0.5, 0.6) is 0 Å². The van der Waals surface area contributed by atoms with Crippen LogP contribution in [0.2, 0.25) is 0 Å². The summed E-state index contributed by atoms with van der Waals surface area (Å²) >= 11 is 0. The van der Waals surface area contributed by atoms with Gasteiger partial charge in [0.15, 0.2) is 0 Å². The van der Waals surface area contributed by atoms with E-state index in [1.807, 2.05) is 0 Å². The van der Waals surface area contributed by atoms with Gasteiger partial charge in [0.25, 0.3) is 0 Å². The van der Waals surface area contributed by atoms with Gasteiger partial charge in [0, 0.05) is 0 Å². The zero-order valence-corrected chi connectivity index (χ0v) is 9.86. The van der Waals surface area contributed by atoms with Gasteiger partial charge in [-0.15, -0.1) is 0 Å². The number of allylic oxidation sites excluding steroid dienone is 6. The minimum absolute atomic E-state index is 0.741. The van der Waals surface area contributed by atoms with Crippen molar-refractivity contribution in [3.8, 4) is 0 Å². The summed E-state index contributed by atoms with van der Waals surface area (Å²) in [6, 6.07) is 0. The molecule has 0 radical (unpaired) electrons. The summed E-state index contributed by atoms with van der Waals surface area (Å²) in [5.74, 6) is 2.57. The molecule has 1 heteroatoms. The monoisotopic (exact) mass is 215 g/mol. The molecule has 0 aromatic carbocycles. The average Bonchev–Trinajstić information content (AvgIpc) is 2.96. The Balaban J connectivity index is 1.88. The van der Waals surface area contributed by atoms with Crippen molar-refractivity contribution < 1.29 is 0 Å². The lowest BCUT2D eigenvalue weighted by Gasteiger charge is -2.20. The molecule has 2 N–H and O–H groups in total. The first-order chi connectivity index (χ1) is 7.86. The zero-order chi connectivity index (χ0) is 11.0. The lowest BCUT2D eigenvalue weighted by atomic mass is 9.86. The van der Waals surface area contributed by atoms with Gasteiger partial charge >= 0.3 is 0 Å². The van der Waals surface area contributed by atoms with Crippen molar-refractivity contribution in [1.82, 2.24) is 0 Å². The lowest BCUT2D eigenvalue weighted by molar-refractivity contribution is 0.500. The fourth-order valence-corrected chi connectivity index (χ4v) is 3.18. The summed E-state index contributed by atoms with van der Waals surface area (Å²) in [5, 5.41) is 0. The third kappa shape index (κ3) is 2.01. The van der Waals surface area contributed by atoms with Crippen LogP contribution in [0, 0.1) is 17.8 Å². The normalized spacial score (nSPS) is 42.9. The first-order valence-corrected chi connectivity index (χ1v) is 6.66. The molecule has 86 valence electrons. The summed E-state index contributed by atoms with van der Waals surface area (Å²) < 4.78 is 0. The molecular weight excluding hydrogens is 194 g/mol. The highest BCUT2D eigenvalue weighted by Crippen LogP contribution is 2.48. The molecule has 0 aromatic heterocycles. The van der Waals surface area contributed by atoms with Crippen LogP contribution in [-0.4, -0.2) is 6.54 Å². The standard InChI is InChI=1S/C15H21N/c16-6-5-11-7-12-3-1-2-4-13(12)9-15-10-14(15)8-11/h2,4,7,9,11,14-15H,1,3,5-6,8,10,16H2/b12-7+,13-9-. The van der Waals surface area contributed by atoms with Crippen LogP contribution >= 0.6 is 0 Å². The van der Waals surface area contributed by atoms with E-state index in [-0.39, 0.29) is 0 Å². The second-order valence-electron chi connectivity index (χ2n) is 5.49. The maximum absolute atomic E-state index is 5.72. The van der Waals surface area contributed by atoms with Gasteiger partial charge in [-0.3, -0.25) is 0 Å². The molecule has 1 saturated carbocycles. The second kappa shape index (κ2) is 4.21. The van der Waals surface area contributed by atoms with Crippen LogP contribution in [0.15, 0.2) is 35.5 Å². The van der Waals surface area contributed by atoms with Crippen molar-refractivity contribution in [3.05, 3.63) is 35.5 Å². The van der Waals surface area contributed by atoms with Gasteiger partial charge in [-0.2, -0.15) is 0 Å². The summed E-state index contributed by atoms with van der Waals surface area (Å²) in [6.07, 6.45) is 16.1. The second-order valence-corrected chi connectivity index (χ2v) is 5.49. The third-order valence-electron chi connectivity index (χ3n) is 4.20. The Bertz CT molecular complexity index is 362. The van der Waals surface area contributed by atoms with E-state index in [4.69, 9.17) is 5.73 Å². The highest BCUT2D eigenvalue weighted by atomic mass is 14.5. The topological polar surface area (TPSA) is 26.0 Å². The maximum Gasteiger partial charge on any atom is -0.00717 e. The molecule has 0 bridgehead atoms. The Hall–Kier alpha value is -0.820. The van der Waals surface area contributed by atoms with Crippen LogP contribution in [0.1, 0.15) is 32.1 Å². The van der Waals surface area contributed by atoms with Crippen molar-refractivity contribution in [3.63, 3.8) is 0 Å². The van der Waals surface area contributed by atoms with Gasteiger partial charge in [-0.1, -0.05) is 24.3 Å². The Morgan fingerprint density at radius 2 is 2.19 bits per heavy atom. The van der Waals surface area contributed by atoms with Crippen molar-refractivity contribution >= 4 is 0 Å². The molecule has 0 saturated heterocycles. The Kier molecular flexibility index (Phi) is 2.72. The lowest BCUT2D eigenvalue weighted by Crippen LogP contribution is -2.10. The van der Waals surface area contributed by atoms with Crippen LogP contribution in [0.4, 0.5) is 0 Å². The van der Waals surface area contributed by atoms with E-state index in [1.54, 1.807) is 5.57 Å². The smallest absolute Gasteiger partial charge is 0.00717 e. The zero-order valence-electron chi connectivity index (χ0n) is 9.86. The number of hydrogen-bond donors (Lipinski definition) is 1. The Morgan fingerprint density at radius 3 is 3.06 bits per heavy atom. The minimum atomic E-state index is 0.741. The molecule has 3 aliphatic rings. The largest absolute Gasteiger partial charge is 0.330 e. The summed E-state index contributed by atoms with van der Waals surface area (Å²) in [7, 11) is 0. The van der Waals surface area contributed by atoms with Crippen LogP contribution in [0.25, 0.3) is 0 Å². The van der Waals surface area contributed by atoms with Gasteiger partial charge in [-0.05, 0) is 67.5 Å². The van der Waals surface area contributed by atoms with Crippen molar-refractivity contribution in [2.75, 3.05) is 6.54 Å². The molecule has 0 aromatic rings. The fraction of sp³-hybridized carbons (Fsp3) is 0.600. The van der Waals surface area contributed by atoms with E-state index in [1.165, 1.54) is 37.7 Å². The maximum atomic E-state index is 5.72. The van der Waals surface area contributed by atoms with Crippen molar-refractivity contribution in [1.29, 1.82) is 0 Å². The van der Waals surface area contributed by atoms with E-state index in [2.05, 4.69) is 24.3 Å². The Labute approximate surface area is 98.1 Å². The molecule has 16 heavy (non-hydrogen) atoms. The molecule has 0 heterocycles. The van der Waals surface area contributed by atoms with Crippen molar-refractivity contribution in [2.45, 2.75) is 32.1 Å². The predicted molar refractivity (Wildman–Crippen MR) is 67.9 cm³/mol. The SMILES string of the molecule is NCCC1/C=C2\CCC=C\C2=C\C2CC2C1. The van der Waals surface area contributed by atoms with E-state index in [0.29, 0.717) is 0 Å². The van der Waals surface area contributed by atoms with E-state index >= 15 is 0 Å². The first kappa shape index (κ1) is 10.3. The highest BCUT2D eigenvalue weighted by molar-refractivity contribution is 5.44. The van der Waals surface area contributed by atoms with Crippen LogP contribution in [-0.2, 0) is 0 Å². The first-order valence-electron chi connectivity index (χ1n) is 6.66. The van der Waals surface area contributed by atoms with Crippen LogP contribution in [0.3, 0.4) is 0 Å². The molecule has 0 aliphatic heterocycles. The molecule has 3 rings (SSSR count).